The molecule has 0 unspecified atom stereocenters. The SMILES string of the molecule is Cc1cccc(-c2sc(NC(=O)c3c(F)cccc3F)nc2-c2ncc[nH]2)c1.Cl. The summed E-state index contributed by atoms with van der Waals surface area (Å²) in [5.41, 5.74) is 1.87. The number of hydrogen-bond acceptors (Lipinski definition) is 4. The first kappa shape index (κ1) is 20.6. The van der Waals surface area contributed by atoms with Crippen LogP contribution in [0.25, 0.3) is 22.0 Å². The lowest BCUT2D eigenvalue weighted by Gasteiger charge is -2.04. The molecule has 2 aromatic heterocycles. The summed E-state index contributed by atoms with van der Waals surface area (Å²) in [5.74, 6) is -2.23. The molecular weight excluding hydrogens is 418 g/mol. The number of imidazole rings is 1. The molecule has 0 spiro atoms. The Morgan fingerprint density at radius 2 is 1.86 bits per heavy atom. The lowest BCUT2D eigenvalue weighted by atomic mass is 10.1. The van der Waals surface area contributed by atoms with Crippen LogP contribution < -0.4 is 5.32 Å². The van der Waals surface area contributed by atoms with Crippen LogP contribution in [0.2, 0.25) is 0 Å². The predicted molar refractivity (Wildman–Crippen MR) is 111 cm³/mol. The van der Waals surface area contributed by atoms with E-state index in [1.165, 1.54) is 17.4 Å². The van der Waals surface area contributed by atoms with E-state index < -0.39 is 23.1 Å². The minimum absolute atomic E-state index is 0. The number of thiazole rings is 1. The fourth-order valence-electron chi connectivity index (χ4n) is 2.79. The second kappa shape index (κ2) is 8.50. The Morgan fingerprint density at radius 3 is 2.52 bits per heavy atom. The number of aromatic amines is 1. The van der Waals surface area contributed by atoms with Gasteiger partial charge in [0.05, 0.1) is 4.88 Å². The van der Waals surface area contributed by atoms with Crippen LogP contribution in [0.1, 0.15) is 15.9 Å². The number of amides is 1. The standard InChI is InChI=1S/C20H14F2N4OS.ClH/c1-11-4-2-5-12(10-11)17-16(18-23-8-9-24-18)25-20(28-17)26-19(27)15-13(21)6-3-7-14(15)22;/h2-10H,1H3,(H,23,24)(H,25,26,27);1H. The van der Waals surface area contributed by atoms with E-state index in [9.17, 15) is 13.6 Å². The third kappa shape index (κ3) is 4.18. The molecule has 0 saturated heterocycles. The highest BCUT2D eigenvalue weighted by Crippen LogP contribution is 2.38. The van der Waals surface area contributed by atoms with Crippen molar-refractivity contribution in [2.45, 2.75) is 6.92 Å². The summed E-state index contributed by atoms with van der Waals surface area (Å²) in [6, 6.07) is 11.1. The second-order valence-corrected chi connectivity index (χ2v) is 7.05. The van der Waals surface area contributed by atoms with Crippen LogP contribution in [0, 0.1) is 18.6 Å². The molecule has 4 rings (SSSR count). The maximum Gasteiger partial charge on any atom is 0.263 e. The Kier molecular flexibility index (Phi) is 6.05. The van der Waals surface area contributed by atoms with Crippen molar-refractivity contribution in [3.8, 4) is 22.0 Å². The first-order valence-electron chi connectivity index (χ1n) is 8.36. The van der Waals surface area contributed by atoms with Gasteiger partial charge in [0, 0.05) is 12.4 Å². The van der Waals surface area contributed by atoms with Gasteiger partial charge in [-0.25, -0.2) is 18.7 Å². The van der Waals surface area contributed by atoms with Crippen molar-refractivity contribution in [3.63, 3.8) is 0 Å². The fraction of sp³-hybridized carbons (Fsp3) is 0.0500. The monoisotopic (exact) mass is 432 g/mol. The summed E-state index contributed by atoms with van der Waals surface area (Å²) >= 11 is 1.21. The Labute approximate surface area is 175 Å². The highest BCUT2D eigenvalue weighted by atomic mass is 35.5. The summed E-state index contributed by atoms with van der Waals surface area (Å²) in [6.07, 6.45) is 3.27. The average molecular weight is 433 g/mol. The Balaban J connectivity index is 0.00000240. The van der Waals surface area contributed by atoms with Crippen LogP contribution in [0.15, 0.2) is 54.9 Å². The molecule has 0 aliphatic carbocycles. The van der Waals surface area contributed by atoms with Crippen LogP contribution in [0.5, 0.6) is 0 Å². The van der Waals surface area contributed by atoms with Gasteiger partial charge in [-0.2, -0.15) is 0 Å². The molecule has 148 valence electrons. The molecule has 2 N–H and O–H groups in total. The van der Waals surface area contributed by atoms with E-state index >= 15 is 0 Å². The Bertz CT molecular complexity index is 1140. The molecule has 0 aliphatic heterocycles. The van der Waals surface area contributed by atoms with Crippen molar-refractivity contribution in [2.75, 3.05) is 5.32 Å². The van der Waals surface area contributed by atoms with Gasteiger partial charge in [-0.15, -0.1) is 12.4 Å². The van der Waals surface area contributed by atoms with E-state index in [0.717, 1.165) is 28.1 Å². The molecule has 0 saturated carbocycles. The van der Waals surface area contributed by atoms with Crippen LogP contribution in [-0.2, 0) is 0 Å². The minimum Gasteiger partial charge on any atom is -0.343 e. The zero-order valence-electron chi connectivity index (χ0n) is 15.1. The lowest BCUT2D eigenvalue weighted by molar-refractivity contribution is 0.101. The zero-order chi connectivity index (χ0) is 19.7. The highest BCUT2D eigenvalue weighted by molar-refractivity contribution is 7.19. The van der Waals surface area contributed by atoms with Crippen molar-refractivity contribution >= 4 is 34.8 Å². The molecule has 0 radical (unpaired) electrons. The van der Waals surface area contributed by atoms with Crippen molar-refractivity contribution in [2.24, 2.45) is 0 Å². The van der Waals surface area contributed by atoms with Gasteiger partial charge >= 0.3 is 0 Å². The number of nitrogens with one attached hydrogen (secondary N) is 2. The smallest absolute Gasteiger partial charge is 0.263 e. The van der Waals surface area contributed by atoms with Gasteiger partial charge in [-0.1, -0.05) is 47.2 Å². The van der Waals surface area contributed by atoms with Gasteiger partial charge in [0.1, 0.15) is 22.9 Å². The summed E-state index contributed by atoms with van der Waals surface area (Å²) < 4.78 is 27.8. The summed E-state index contributed by atoms with van der Waals surface area (Å²) in [6.45, 7) is 1.97. The number of benzene rings is 2. The van der Waals surface area contributed by atoms with Gasteiger partial charge in [-0.3, -0.25) is 10.1 Å². The van der Waals surface area contributed by atoms with Gasteiger partial charge in [0.2, 0.25) is 0 Å². The number of carbonyl (C=O) groups excluding carboxylic acids is 1. The molecule has 0 fully saturated rings. The molecule has 0 bridgehead atoms. The Hall–Kier alpha value is -3.10. The van der Waals surface area contributed by atoms with E-state index in [2.05, 4.69) is 20.3 Å². The fourth-order valence-corrected chi connectivity index (χ4v) is 3.74. The number of halogens is 3. The molecule has 4 aromatic rings. The number of carbonyl (C=O) groups is 1. The number of H-pyrrole nitrogens is 1. The summed E-state index contributed by atoms with van der Waals surface area (Å²) in [4.78, 5) is 24.8. The van der Waals surface area contributed by atoms with Crippen LogP contribution in [-0.4, -0.2) is 20.9 Å². The average Bonchev–Trinajstić information content (AvgIpc) is 3.31. The number of anilines is 1. The number of rotatable bonds is 4. The largest absolute Gasteiger partial charge is 0.343 e. The van der Waals surface area contributed by atoms with Gasteiger partial charge < -0.3 is 4.98 Å². The van der Waals surface area contributed by atoms with E-state index in [0.29, 0.717) is 11.5 Å². The number of aryl methyl sites for hydroxylation is 1. The second-order valence-electron chi connectivity index (χ2n) is 6.05. The van der Waals surface area contributed by atoms with Crippen molar-refractivity contribution in [3.05, 3.63) is 77.6 Å². The zero-order valence-corrected chi connectivity index (χ0v) is 16.7. The number of hydrogen-bond donors (Lipinski definition) is 2. The first-order valence-corrected chi connectivity index (χ1v) is 9.17. The summed E-state index contributed by atoms with van der Waals surface area (Å²) in [7, 11) is 0. The lowest BCUT2D eigenvalue weighted by Crippen LogP contribution is -2.15. The predicted octanol–water partition coefficient (Wildman–Crippen LogP) is 5.46. The molecule has 29 heavy (non-hydrogen) atoms. The molecule has 0 aliphatic rings. The third-order valence-electron chi connectivity index (χ3n) is 4.04. The summed E-state index contributed by atoms with van der Waals surface area (Å²) in [5, 5.41) is 2.71. The maximum atomic E-state index is 13.9. The molecule has 2 aromatic carbocycles. The number of aromatic nitrogens is 3. The first-order chi connectivity index (χ1) is 13.5. The van der Waals surface area contributed by atoms with Crippen molar-refractivity contribution in [1.82, 2.24) is 15.0 Å². The van der Waals surface area contributed by atoms with Crippen molar-refractivity contribution in [1.29, 1.82) is 0 Å². The molecule has 5 nitrogen and oxygen atoms in total. The van der Waals surface area contributed by atoms with Gasteiger partial charge in [-0.05, 0) is 24.6 Å². The third-order valence-corrected chi connectivity index (χ3v) is 5.06. The van der Waals surface area contributed by atoms with Crippen molar-refractivity contribution < 1.29 is 13.6 Å². The molecule has 2 heterocycles. The molecular formula is C20H15ClF2N4OS. The normalized spacial score (nSPS) is 10.4. The highest BCUT2D eigenvalue weighted by Gasteiger charge is 2.21. The van der Waals surface area contributed by atoms with E-state index in [4.69, 9.17) is 0 Å². The van der Waals surface area contributed by atoms with Crippen LogP contribution >= 0.6 is 23.7 Å². The Morgan fingerprint density at radius 1 is 1.14 bits per heavy atom. The van der Waals surface area contributed by atoms with Crippen LogP contribution in [0.3, 0.4) is 0 Å². The minimum atomic E-state index is -0.931. The quantitative estimate of drug-likeness (QED) is 0.449. The van der Waals surface area contributed by atoms with Crippen LogP contribution in [0.4, 0.5) is 13.9 Å². The molecule has 1 amide bonds. The van der Waals surface area contributed by atoms with E-state index in [1.54, 1.807) is 12.4 Å². The van der Waals surface area contributed by atoms with Gasteiger partial charge in [0.15, 0.2) is 11.0 Å². The van der Waals surface area contributed by atoms with E-state index in [1.807, 2.05) is 31.2 Å². The molecule has 9 heteroatoms. The van der Waals surface area contributed by atoms with Gasteiger partial charge in [0.25, 0.3) is 5.91 Å². The topological polar surface area (TPSA) is 70.7 Å². The maximum absolute atomic E-state index is 13.9. The molecule has 0 atom stereocenters. The van der Waals surface area contributed by atoms with E-state index in [-0.39, 0.29) is 17.5 Å². The number of nitrogens with zero attached hydrogens (tertiary/aromatic N) is 2.